The quantitative estimate of drug-likeness (QED) is 0.652. The van der Waals surface area contributed by atoms with Gasteiger partial charge in [0.2, 0.25) is 5.91 Å². The van der Waals surface area contributed by atoms with E-state index in [2.05, 4.69) is 10.3 Å². The molecule has 29 heavy (non-hydrogen) atoms. The first-order valence-corrected chi connectivity index (χ1v) is 9.30. The van der Waals surface area contributed by atoms with Crippen LogP contribution >= 0.6 is 0 Å². The molecule has 2 amide bonds. The fourth-order valence-corrected chi connectivity index (χ4v) is 3.56. The number of nitrogens with two attached hydrogens (primary N) is 1. The molecule has 0 radical (unpaired) electrons. The summed E-state index contributed by atoms with van der Waals surface area (Å²) in [6, 6.07) is 13.6. The van der Waals surface area contributed by atoms with E-state index in [4.69, 9.17) is 10.5 Å². The van der Waals surface area contributed by atoms with Gasteiger partial charge in [-0.25, -0.2) is 4.79 Å². The molecule has 3 aromatic rings. The van der Waals surface area contributed by atoms with Gasteiger partial charge in [0.15, 0.2) is 6.61 Å². The number of rotatable bonds is 5. The monoisotopic (exact) mass is 389 g/mol. The summed E-state index contributed by atoms with van der Waals surface area (Å²) in [4.78, 5) is 40.7. The minimum absolute atomic E-state index is 0.341. The number of nitrogens with one attached hydrogen (secondary N) is 1. The van der Waals surface area contributed by atoms with Gasteiger partial charge in [-0.05, 0) is 55.2 Å². The standard InChI is InChI=1S/C22H19N3O4/c23-21(27)13-8-10-14(11-9-13)24-19(26)12-29-22(28)20-15-4-1-2-6-17(15)25-18-7-3-5-16(18)20/h1-2,4,6,8-11H,3,5,7,12H2,(H2,23,27)(H,24,26). The van der Waals surface area contributed by atoms with Gasteiger partial charge in [0, 0.05) is 22.3 Å². The molecule has 0 bridgehead atoms. The Morgan fingerprint density at radius 2 is 1.79 bits per heavy atom. The highest BCUT2D eigenvalue weighted by atomic mass is 16.5. The molecule has 146 valence electrons. The van der Waals surface area contributed by atoms with Crippen molar-refractivity contribution < 1.29 is 19.1 Å². The van der Waals surface area contributed by atoms with E-state index >= 15 is 0 Å². The summed E-state index contributed by atoms with van der Waals surface area (Å²) in [5.74, 6) is -1.55. The second-order valence-electron chi connectivity index (χ2n) is 6.85. The van der Waals surface area contributed by atoms with Crippen molar-refractivity contribution >= 4 is 34.4 Å². The Morgan fingerprint density at radius 3 is 2.55 bits per heavy atom. The molecule has 0 fully saturated rings. The molecule has 0 spiro atoms. The Morgan fingerprint density at radius 1 is 1.03 bits per heavy atom. The fourth-order valence-electron chi connectivity index (χ4n) is 3.56. The number of primary amides is 1. The summed E-state index contributed by atoms with van der Waals surface area (Å²) in [5, 5.41) is 3.36. The fraction of sp³-hybridized carbons (Fsp3) is 0.182. The number of esters is 1. The van der Waals surface area contributed by atoms with Crippen molar-refractivity contribution in [2.45, 2.75) is 19.3 Å². The molecule has 0 unspecified atom stereocenters. The lowest BCUT2D eigenvalue weighted by Gasteiger charge is -2.12. The summed E-state index contributed by atoms with van der Waals surface area (Å²) in [6.07, 6.45) is 2.55. The van der Waals surface area contributed by atoms with Gasteiger partial charge in [0.05, 0.1) is 11.1 Å². The number of nitrogens with zero attached hydrogens (tertiary/aromatic N) is 1. The molecular formula is C22H19N3O4. The Kier molecular flexibility index (Phi) is 4.95. The van der Waals surface area contributed by atoms with E-state index in [1.165, 1.54) is 12.1 Å². The number of fused-ring (bicyclic) bond motifs is 2. The maximum atomic E-state index is 12.8. The number of hydrogen-bond acceptors (Lipinski definition) is 5. The molecular weight excluding hydrogens is 370 g/mol. The average molecular weight is 389 g/mol. The van der Waals surface area contributed by atoms with Crippen molar-refractivity contribution in [1.82, 2.24) is 4.98 Å². The van der Waals surface area contributed by atoms with E-state index in [9.17, 15) is 14.4 Å². The number of aromatic nitrogens is 1. The smallest absolute Gasteiger partial charge is 0.339 e. The average Bonchev–Trinajstić information content (AvgIpc) is 3.18. The lowest BCUT2D eigenvalue weighted by molar-refractivity contribution is -0.119. The number of carbonyl (C=O) groups excluding carboxylic acids is 3. The highest BCUT2D eigenvalue weighted by Crippen LogP contribution is 2.30. The number of pyridine rings is 1. The van der Waals surface area contributed by atoms with Crippen molar-refractivity contribution in [3.63, 3.8) is 0 Å². The van der Waals surface area contributed by atoms with Crippen LogP contribution in [0, 0.1) is 0 Å². The van der Waals surface area contributed by atoms with E-state index in [1.54, 1.807) is 12.1 Å². The highest BCUT2D eigenvalue weighted by Gasteiger charge is 2.25. The second kappa shape index (κ2) is 7.71. The van der Waals surface area contributed by atoms with E-state index in [1.807, 2.05) is 24.3 Å². The third-order valence-electron chi connectivity index (χ3n) is 4.91. The molecule has 1 aliphatic rings. The van der Waals surface area contributed by atoms with Crippen LogP contribution in [0.1, 0.15) is 38.4 Å². The van der Waals surface area contributed by atoms with Gasteiger partial charge >= 0.3 is 5.97 Å². The zero-order chi connectivity index (χ0) is 20.4. The topological polar surface area (TPSA) is 111 Å². The Hall–Kier alpha value is -3.74. The van der Waals surface area contributed by atoms with Gasteiger partial charge in [0.25, 0.3) is 5.91 Å². The third kappa shape index (κ3) is 3.80. The minimum atomic E-state index is -0.547. The maximum absolute atomic E-state index is 12.8. The summed E-state index contributed by atoms with van der Waals surface area (Å²) in [7, 11) is 0. The summed E-state index contributed by atoms with van der Waals surface area (Å²) in [5.41, 5.74) is 9.10. The molecule has 0 atom stereocenters. The first-order valence-electron chi connectivity index (χ1n) is 9.30. The van der Waals surface area contributed by atoms with Gasteiger partial charge < -0.3 is 15.8 Å². The Bertz CT molecular complexity index is 1120. The zero-order valence-electron chi connectivity index (χ0n) is 15.6. The molecule has 1 aliphatic carbocycles. The van der Waals surface area contributed by atoms with Crippen molar-refractivity contribution in [2.24, 2.45) is 5.73 Å². The van der Waals surface area contributed by atoms with Crippen LogP contribution < -0.4 is 11.1 Å². The number of carbonyl (C=O) groups is 3. The number of hydrogen-bond donors (Lipinski definition) is 2. The number of benzene rings is 2. The molecule has 1 heterocycles. The van der Waals surface area contributed by atoms with Crippen molar-refractivity contribution in [3.05, 3.63) is 70.9 Å². The lowest BCUT2D eigenvalue weighted by atomic mass is 10.0. The van der Waals surface area contributed by atoms with Crippen LogP contribution in [-0.4, -0.2) is 29.4 Å². The van der Waals surface area contributed by atoms with Gasteiger partial charge in [0.1, 0.15) is 0 Å². The number of para-hydroxylation sites is 1. The molecule has 3 N–H and O–H groups in total. The van der Waals surface area contributed by atoms with Gasteiger partial charge in [-0.3, -0.25) is 14.6 Å². The van der Waals surface area contributed by atoms with E-state index in [-0.39, 0.29) is 0 Å². The van der Waals surface area contributed by atoms with Crippen molar-refractivity contribution in [2.75, 3.05) is 11.9 Å². The zero-order valence-corrected chi connectivity index (χ0v) is 15.6. The summed E-state index contributed by atoms with van der Waals surface area (Å²) < 4.78 is 5.30. The van der Waals surface area contributed by atoms with Crippen LogP contribution in [0.2, 0.25) is 0 Å². The number of anilines is 1. The molecule has 4 rings (SSSR count). The van der Waals surface area contributed by atoms with Crippen LogP contribution in [-0.2, 0) is 22.4 Å². The molecule has 1 aromatic heterocycles. The van der Waals surface area contributed by atoms with Crippen LogP contribution in [0.25, 0.3) is 10.9 Å². The lowest BCUT2D eigenvalue weighted by Crippen LogP contribution is -2.22. The van der Waals surface area contributed by atoms with E-state index < -0.39 is 24.4 Å². The van der Waals surface area contributed by atoms with Crippen molar-refractivity contribution in [3.8, 4) is 0 Å². The number of ether oxygens (including phenoxy) is 1. The predicted molar refractivity (Wildman–Crippen MR) is 108 cm³/mol. The SMILES string of the molecule is NC(=O)c1ccc(NC(=O)COC(=O)c2c3c(nc4ccccc24)CCC3)cc1. The first kappa shape index (κ1) is 18.6. The second-order valence-corrected chi connectivity index (χ2v) is 6.85. The van der Waals surface area contributed by atoms with Crippen LogP contribution in [0.15, 0.2) is 48.5 Å². The van der Waals surface area contributed by atoms with E-state index in [0.29, 0.717) is 16.8 Å². The largest absolute Gasteiger partial charge is 0.452 e. The predicted octanol–water partition coefficient (Wildman–Crippen LogP) is 2.62. The van der Waals surface area contributed by atoms with Crippen LogP contribution in [0.5, 0.6) is 0 Å². The first-order chi connectivity index (χ1) is 14.0. The molecule has 7 nitrogen and oxygen atoms in total. The minimum Gasteiger partial charge on any atom is -0.452 e. The number of aryl methyl sites for hydroxylation is 1. The maximum Gasteiger partial charge on any atom is 0.339 e. The Balaban J connectivity index is 1.47. The Labute approximate surface area is 166 Å². The summed E-state index contributed by atoms with van der Waals surface area (Å²) in [6.45, 7) is -0.415. The molecule has 7 heteroatoms. The number of amides is 2. The normalized spacial score (nSPS) is 12.4. The summed E-state index contributed by atoms with van der Waals surface area (Å²) >= 11 is 0. The molecule has 0 saturated heterocycles. The molecule has 2 aromatic carbocycles. The van der Waals surface area contributed by atoms with Gasteiger partial charge in [-0.15, -0.1) is 0 Å². The van der Waals surface area contributed by atoms with Crippen LogP contribution in [0.4, 0.5) is 5.69 Å². The third-order valence-corrected chi connectivity index (χ3v) is 4.91. The van der Waals surface area contributed by atoms with Gasteiger partial charge in [-0.1, -0.05) is 18.2 Å². The van der Waals surface area contributed by atoms with E-state index in [0.717, 1.165) is 41.4 Å². The van der Waals surface area contributed by atoms with Gasteiger partial charge in [-0.2, -0.15) is 0 Å². The van der Waals surface area contributed by atoms with Crippen LogP contribution in [0.3, 0.4) is 0 Å². The molecule has 0 saturated carbocycles. The highest BCUT2D eigenvalue weighted by molar-refractivity contribution is 6.06. The molecule has 0 aliphatic heterocycles. The van der Waals surface area contributed by atoms with Crippen molar-refractivity contribution in [1.29, 1.82) is 0 Å².